The standard InChI is InChI=1S/C26H31BFN3O7/c1-29-24(34)25(27,8-3-11-32)31-15-20-19(23(31)33)4-2-5-22(20)38-16-17-6-7-18(14-21(17)28)26(35,36)30-9-12-37-13-10-30/h2,4-7,11,14,35-36H,3,8-10,12-13,15-16,27H2,1H3,(H,29,34). The lowest BCUT2D eigenvalue weighted by Gasteiger charge is -2.37. The summed E-state index contributed by atoms with van der Waals surface area (Å²) in [4.78, 5) is 39.8. The fraction of sp³-hybridized carbons (Fsp3) is 0.423. The van der Waals surface area contributed by atoms with Gasteiger partial charge in [0.05, 0.1) is 25.2 Å². The number of benzene rings is 2. The van der Waals surface area contributed by atoms with E-state index in [4.69, 9.17) is 9.47 Å². The average molecular weight is 527 g/mol. The van der Waals surface area contributed by atoms with E-state index >= 15 is 0 Å². The molecule has 2 aliphatic rings. The number of aliphatic hydroxyl groups is 2. The molecule has 2 aliphatic heterocycles. The molecule has 1 atom stereocenters. The van der Waals surface area contributed by atoms with Crippen LogP contribution in [0.15, 0.2) is 36.4 Å². The van der Waals surface area contributed by atoms with E-state index in [1.807, 2.05) is 0 Å². The Bertz CT molecular complexity index is 1220. The van der Waals surface area contributed by atoms with Crippen molar-refractivity contribution in [2.45, 2.75) is 37.3 Å². The van der Waals surface area contributed by atoms with Gasteiger partial charge in [-0.2, -0.15) is 0 Å². The third-order valence-electron chi connectivity index (χ3n) is 7.26. The van der Waals surface area contributed by atoms with Crippen molar-refractivity contribution in [3.05, 3.63) is 64.5 Å². The Morgan fingerprint density at radius 1 is 1.26 bits per heavy atom. The molecule has 2 heterocycles. The normalized spacial score (nSPS) is 17.6. The molecular weight excluding hydrogens is 496 g/mol. The third kappa shape index (κ3) is 5.17. The molecule has 0 aliphatic carbocycles. The summed E-state index contributed by atoms with van der Waals surface area (Å²) in [5.74, 6) is -3.39. The highest BCUT2D eigenvalue weighted by atomic mass is 19.1. The molecule has 3 N–H and O–H groups in total. The van der Waals surface area contributed by atoms with Gasteiger partial charge >= 0.3 is 0 Å². The number of hydrogen-bond acceptors (Lipinski definition) is 8. The van der Waals surface area contributed by atoms with Gasteiger partial charge in [0.25, 0.3) is 11.8 Å². The first-order valence-corrected chi connectivity index (χ1v) is 12.4. The minimum Gasteiger partial charge on any atom is -0.488 e. The number of likely N-dealkylation sites (N-methyl/N-ethyl adjacent to an activating group) is 1. The number of morpholine rings is 1. The third-order valence-corrected chi connectivity index (χ3v) is 7.26. The van der Waals surface area contributed by atoms with Crippen LogP contribution in [0.25, 0.3) is 0 Å². The van der Waals surface area contributed by atoms with Gasteiger partial charge < -0.3 is 34.7 Å². The van der Waals surface area contributed by atoms with Gasteiger partial charge in [0.15, 0.2) is 0 Å². The van der Waals surface area contributed by atoms with Crippen LogP contribution in [0.5, 0.6) is 5.75 Å². The number of nitrogens with one attached hydrogen (secondary N) is 1. The molecule has 2 amide bonds. The van der Waals surface area contributed by atoms with Crippen LogP contribution in [0.3, 0.4) is 0 Å². The molecule has 10 nitrogen and oxygen atoms in total. The zero-order valence-corrected chi connectivity index (χ0v) is 21.4. The number of nitrogens with zero attached hydrogens (tertiary/aromatic N) is 2. The molecule has 1 unspecified atom stereocenters. The molecule has 202 valence electrons. The maximum atomic E-state index is 15.0. The first-order chi connectivity index (χ1) is 18.1. The number of carbonyl (C=O) groups is 3. The topological polar surface area (TPSA) is 129 Å². The fourth-order valence-electron chi connectivity index (χ4n) is 4.90. The predicted molar refractivity (Wildman–Crippen MR) is 136 cm³/mol. The maximum absolute atomic E-state index is 15.0. The average Bonchev–Trinajstić information content (AvgIpc) is 3.28. The van der Waals surface area contributed by atoms with Gasteiger partial charge in [-0.05, 0) is 24.6 Å². The SMILES string of the molecule is BC(CCC=O)(C(=O)NC)N1Cc2c(OCc3ccc(C(O)(O)N4CCOCC4)cc3F)cccc2C1=O. The number of carbonyl (C=O) groups excluding carboxylic acids is 3. The minimum absolute atomic E-state index is 0.00805. The van der Waals surface area contributed by atoms with E-state index in [1.165, 1.54) is 29.0 Å². The van der Waals surface area contributed by atoms with Crippen LogP contribution in [0.2, 0.25) is 0 Å². The number of ether oxygens (including phenoxy) is 2. The lowest BCUT2D eigenvalue weighted by Crippen LogP contribution is -2.59. The number of rotatable bonds is 10. The van der Waals surface area contributed by atoms with Gasteiger partial charge in [-0.3, -0.25) is 9.59 Å². The van der Waals surface area contributed by atoms with Crippen LogP contribution in [-0.2, 0) is 33.4 Å². The van der Waals surface area contributed by atoms with E-state index in [2.05, 4.69) is 5.32 Å². The highest BCUT2D eigenvalue weighted by molar-refractivity contribution is 6.30. The molecule has 0 aromatic heterocycles. The molecule has 12 heteroatoms. The second kappa shape index (κ2) is 11.2. The molecule has 0 spiro atoms. The second-order valence-corrected chi connectivity index (χ2v) is 9.56. The molecule has 0 bridgehead atoms. The Morgan fingerprint density at radius 2 is 2.00 bits per heavy atom. The van der Waals surface area contributed by atoms with Gasteiger partial charge in [-0.25, -0.2) is 9.29 Å². The van der Waals surface area contributed by atoms with Crippen LogP contribution in [0.4, 0.5) is 4.39 Å². The van der Waals surface area contributed by atoms with Crippen molar-refractivity contribution >= 4 is 25.9 Å². The summed E-state index contributed by atoms with van der Waals surface area (Å²) in [6.07, 6.45) is 0.976. The number of fused-ring (bicyclic) bond motifs is 1. The zero-order chi connectivity index (χ0) is 27.5. The summed E-state index contributed by atoms with van der Waals surface area (Å²) in [6.45, 7) is 1.20. The molecule has 0 radical (unpaired) electrons. The molecule has 0 saturated carbocycles. The lowest BCUT2D eigenvalue weighted by molar-refractivity contribution is -0.287. The van der Waals surface area contributed by atoms with E-state index in [0.717, 1.165) is 6.07 Å². The summed E-state index contributed by atoms with van der Waals surface area (Å²) in [7, 11) is 3.10. The number of aldehydes is 1. The van der Waals surface area contributed by atoms with E-state index in [-0.39, 0.29) is 48.9 Å². The largest absolute Gasteiger partial charge is 0.488 e. The van der Waals surface area contributed by atoms with Gasteiger partial charge in [-0.1, -0.05) is 18.2 Å². The molecule has 1 fully saturated rings. The first-order valence-electron chi connectivity index (χ1n) is 12.4. The van der Waals surface area contributed by atoms with E-state index in [1.54, 1.807) is 26.0 Å². The minimum atomic E-state index is -2.34. The Balaban J connectivity index is 1.52. The molecule has 2 aromatic carbocycles. The van der Waals surface area contributed by atoms with Crippen molar-refractivity contribution in [2.24, 2.45) is 0 Å². The molecular formula is C26H31BFN3O7. The molecule has 38 heavy (non-hydrogen) atoms. The number of hydrogen-bond donors (Lipinski definition) is 3. The zero-order valence-electron chi connectivity index (χ0n) is 21.4. The predicted octanol–water partition coefficient (Wildman–Crippen LogP) is -0.158. The summed E-state index contributed by atoms with van der Waals surface area (Å²) in [6, 6.07) is 8.87. The van der Waals surface area contributed by atoms with Crippen LogP contribution >= 0.6 is 0 Å². The van der Waals surface area contributed by atoms with Gasteiger partial charge in [-0.15, -0.1) is 0 Å². The molecule has 4 rings (SSSR count). The van der Waals surface area contributed by atoms with Crippen LogP contribution in [0.1, 0.15) is 39.9 Å². The maximum Gasteiger partial charge on any atom is 0.254 e. The van der Waals surface area contributed by atoms with Gasteiger partial charge in [0.2, 0.25) is 5.91 Å². The summed E-state index contributed by atoms with van der Waals surface area (Å²) >= 11 is 0. The highest BCUT2D eigenvalue weighted by Gasteiger charge is 2.45. The van der Waals surface area contributed by atoms with Crippen molar-refractivity contribution in [1.29, 1.82) is 0 Å². The van der Waals surface area contributed by atoms with Gasteiger partial charge in [0.1, 0.15) is 32.3 Å². The smallest absolute Gasteiger partial charge is 0.254 e. The van der Waals surface area contributed by atoms with Crippen molar-refractivity contribution in [3.63, 3.8) is 0 Å². The summed E-state index contributed by atoms with van der Waals surface area (Å²) in [5.41, 5.74) is -0.131. The van der Waals surface area contributed by atoms with Crippen LogP contribution in [-0.4, -0.2) is 84.7 Å². The highest BCUT2D eigenvalue weighted by Crippen LogP contribution is 2.36. The van der Waals surface area contributed by atoms with Crippen molar-refractivity contribution < 1.29 is 38.5 Å². The van der Waals surface area contributed by atoms with Gasteiger partial charge in [0, 0.05) is 48.8 Å². The van der Waals surface area contributed by atoms with Crippen molar-refractivity contribution in [3.8, 4) is 5.75 Å². The van der Waals surface area contributed by atoms with E-state index in [9.17, 15) is 29.0 Å². The van der Waals surface area contributed by atoms with Crippen molar-refractivity contribution in [1.82, 2.24) is 15.1 Å². The summed E-state index contributed by atoms with van der Waals surface area (Å²) < 4.78 is 26.1. The first kappa shape index (κ1) is 27.7. The second-order valence-electron chi connectivity index (χ2n) is 9.56. The van der Waals surface area contributed by atoms with E-state index in [0.29, 0.717) is 49.5 Å². The van der Waals surface area contributed by atoms with Crippen molar-refractivity contribution in [2.75, 3.05) is 33.4 Å². The Morgan fingerprint density at radius 3 is 2.66 bits per heavy atom. The Kier molecular flexibility index (Phi) is 8.17. The number of halogens is 1. The lowest BCUT2D eigenvalue weighted by atomic mass is 9.71. The Hall–Kier alpha value is -3.32. The summed E-state index contributed by atoms with van der Waals surface area (Å²) in [5, 5.41) is 23.8. The monoisotopic (exact) mass is 527 g/mol. The quantitative estimate of drug-likeness (QED) is 0.221. The van der Waals surface area contributed by atoms with Crippen LogP contribution in [0, 0.1) is 5.82 Å². The fourth-order valence-corrected chi connectivity index (χ4v) is 4.90. The molecule has 2 aromatic rings. The number of amides is 2. The molecule has 1 saturated heterocycles. The van der Waals surface area contributed by atoms with E-state index < -0.39 is 17.2 Å². The van der Waals surface area contributed by atoms with Crippen LogP contribution < -0.4 is 10.1 Å². The Labute approximate surface area is 220 Å².